The van der Waals surface area contributed by atoms with Gasteiger partial charge >= 0.3 is 11.9 Å². The molecule has 0 spiro atoms. The van der Waals surface area contributed by atoms with Crippen LogP contribution in [0.2, 0.25) is 0 Å². The Kier molecular flexibility index (Phi) is 71.2. The van der Waals surface area contributed by atoms with E-state index in [1.165, 1.54) is 57.8 Å². The van der Waals surface area contributed by atoms with Crippen molar-refractivity contribution in [3.8, 4) is 0 Å². The van der Waals surface area contributed by atoms with Gasteiger partial charge in [0.05, 0.1) is 27.7 Å². The summed E-state index contributed by atoms with van der Waals surface area (Å²) in [5.41, 5.74) is 0. The molecule has 0 aliphatic rings. The summed E-state index contributed by atoms with van der Waals surface area (Å²) >= 11 is 0. The molecule has 9 nitrogen and oxygen atoms in total. The first-order valence-corrected chi connectivity index (χ1v) is 39.9. The number of unbranched alkanes of at least 4 members (excludes halogenated alkanes) is 18. The maximum atomic E-state index is 12.9. The van der Waals surface area contributed by atoms with Crippen LogP contribution in [0.5, 0.6) is 0 Å². The fourth-order valence-corrected chi connectivity index (χ4v) is 10.4. The number of carbonyl (C=O) groups is 2. The number of rotatable bonds is 68. The maximum absolute atomic E-state index is 12.9. The molecule has 0 aliphatic carbocycles. The highest BCUT2D eigenvalue weighted by Gasteiger charge is 2.22. The average molecular weight is 1370 g/mol. The van der Waals surface area contributed by atoms with Crippen molar-refractivity contribution in [1.29, 1.82) is 0 Å². The van der Waals surface area contributed by atoms with Crippen LogP contribution in [-0.2, 0) is 32.7 Å². The van der Waals surface area contributed by atoms with Crippen LogP contribution in [0.15, 0.2) is 219 Å². The van der Waals surface area contributed by atoms with Gasteiger partial charge in [-0.05, 0) is 154 Å². The monoisotopic (exact) mass is 1370 g/mol. The van der Waals surface area contributed by atoms with Crippen LogP contribution in [-0.4, -0.2) is 70.0 Å². The number of nitrogens with zero attached hydrogens (tertiary/aromatic N) is 1. The Morgan fingerprint density at radius 2 is 0.551 bits per heavy atom. The van der Waals surface area contributed by atoms with Gasteiger partial charge in [-0.3, -0.25) is 14.2 Å². The molecule has 0 aromatic heterocycles. The highest BCUT2D eigenvalue weighted by molar-refractivity contribution is 7.45. The van der Waals surface area contributed by atoms with Crippen molar-refractivity contribution in [2.75, 3.05) is 47.5 Å². The van der Waals surface area contributed by atoms with E-state index in [-0.39, 0.29) is 26.1 Å². The van der Waals surface area contributed by atoms with E-state index in [1.807, 2.05) is 21.1 Å². The molecule has 10 heteroatoms. The Morgan fingerprint density at radius 1 is 0.316 bits per heavy atom. The standard InChI is InChI=1S/C88H140NO8P/c1-6-8-10-12-14-16-18-20-22-24-26-28-30-32-34-36-38-40-41-42-43-44-45-46-47-49-51-53-55-57-59-61-63-65-67-69-71-73-75-77-79-81-88(91)97-86(85-96-98(92,93)95-83-82-89(3,4)5)84-94-87(90)80-78-76-74-72-70-68-66-64-62-60-58-56-54-52-50-48-39-37-35-33-31-29-27-25-23-21-19-17-15-13-11-9-7-2/h8-11,14-17,20-23,26-29,32-35,38-40,42-43,45-46,48-49,51-52,54-55,57,61,63,86H,6-7,12-13,18-19,24-25,30-31,36-37,41,44,47,50,53,56,58-60,62,64-85H2,1-5H3/b10-8-,11-9-,16-14-,17-15-,22-20-,23-21-,28-26-,29-27-,34-32-,35-33-,40-38-,43-42-,46-45-,48-39-,51-49-,54-52-,57-55-,63-61-. The van der Waals surface area contributed by atoms with Crippen molar-refractivity contribution in [2.24, 2.45) is 0 Å². The third kappa shape index (κ3) is 79.3. The van der Waals surface area contributed by atoms with Crippen molar-refractivity contribution >= 4 is 19.8 Å². The highest BCUT2D eigenvalue weighted by atomic mass is 31.2. The number of ether oxygens (including phenoxy) is 2. The SMILES string of the molecule is CC/C=C\C/C=C\C/C=C\C/C=C\C/C=C\C/C=C\C/C=C\C/C=C\C/C=C\C/C=C\C/C=C\CCCCCCCCCC(=O)OC(COC(=O)CCCCCCCCCCCCC/C=C\C/C=C\C/C=C\C/C=C\C/C=C\C/C=C\C/C=C\CC)COP(=O)([O-])OCC[N+](C)(C)C. The summed E-state index contributed by atoms with van der Waals surface area (Å²) in [5, 5.41) is 0. The van der Waals surface area contributed by atoms with E-state index >= 15 is 0 Å². The molecule has 0 rings (SSSR count). The zero-order valence-electron chi connectivity index (χ0n) is 62.6. The Morgan fingerprint density at radius 3 is 0.816 bits per heavy atom. The van der Waals surface area contributed by atoms with Crippen molar-refractivity contribution in [1.82, 2.24) is 0 Å². The first kappa shape index (κ1) is 92.3. The van der Waals surface area contributed by atoms with Gasteiger partial charge in [-0.2, -0.15) is 0 Å². The minimum Gasteiger partial charge on any atom is -0.756 e. The fourth-order valence-electron chi connectivity index (χ4n) is 9.70. The number of phosphoric acid groups is 1. The number of phosphoric ester groups is 1. The Balaban J connectivity index is 4.14. The number of esters is 2. The second kappa shape index (κ2) is 75.5. The molecule has 0 aromatic carbocycles. The third-order valence-electron chi connectivity index (χ3n) is 15.5. The van der Waals surface area contributed by atoms with E-state index in [0.717, 1.165) is 173 Å². The summed E-state index contributed by atoms with van der Waals surface area (Å²) in [5.74, 6) is -0.862. The predicted molar refractivity (Wildman–Crippen MR) is 424 cm³/mol. The normalized spacial score (nSPS) is 14.3. The predicted octanol–water partition coefficient (Wildman–Crippen LogP) is 25.3. The number of quaternary nitrogens is 1. The van der Waals surface area contributed by atoms with Crippen LogP contribution in [0, 0.1) is 0 Å². The molecular formula is C88H140NO8P. The largest absolute Gasteiger partial charge is 0.756 e. The summed E-state index contributed by atoms with van der Waals surface area (Å²) in [6.07, 6.45) is 120. The van der Waals surface area contributed by atoms with Crippen LogP contribution >= 0.6 is 7.82 Å². The van der Waals surface area contributed by atoms with E-state index in [4.69, 9.17) is 18.5 Å². The number of hydrogen-bond acceptors (Lipinski definition) is 8. The molecule has 0 saturated carbocycles. The van der Waals surface area contributed by atoms with E-state index < -0.39 is 32.5 Å². The van der Waals surface area contributed by atoms with Crippen molar-refractivity contribution in [3.05, 3.63) is 219 Å². The molecule has 0 saturated heterocycles. The Hall–Kier alpha value is -5.67. The quantitative estimate of drug-likeness (QED) is 0.0195. The molecule has 98 heavy (non-hydrogen) atoms. The Bertz CT molecular complexity index is 2460. The molecular weight excluding hydrogens is 1230 g/mol. The van der Waals surface area contributed by atoms with Crippen LogP contribution < -0.4 is 4.89 Å². The average Bonchev–Trinajstić information content (AvgIpc) is 1.08. The lowest BCUT2D eigenvalue weighted by molar-refractivity contribution is -0.870. The first-order valence-electron chi connectivity index (χ1n) is 38.4. The van der Waals surface area contributed by atoms with Gasteiger partial charge in [-0.25, -0.2) is 0 Å². The lowest BCUT2D eigenvalue weighted by atomic mass is 10.0. The third-order valence-corrected chi connectivity index (χ3v) is 16.5. The van der Waals surface area contributed by atoms with E-state index in [9.17, 15) is 19.0 Å². The molecule has 0 amide bonds. The zero-order chi connectivity index (χ0) is 71.1. The minimum absolute atomic E-state index is 0.0448. The summed E-state index contributed by atoms with van der Waals surface area (Å²) in [6.45, 7) is 3.98. The molecule has 0 radical (unpaired) electrons. The second-order valence-corrected chi connectivity index (χ2v) is 27.3. The van der Waals surface area contributed by atoms with Crippen LogP contribution in [0.1, 0.15) is 271 Å². The molecule has 0 bridgehead atoms. The molecule has 2 unspecified atom stereocenters. The van der Waals surface area contributed by atoms with E-state index in [2.05, 4.69) is 233 Å². The molecule has 0 aliphatic heterocycles. The van der Waals surface area contributed by atoms with Gasteiger partial charge in [-0.1, -0.05) is 322 Å². The summed E-state index contributed by atoms with van der Waals surface area (Å²) in [7, 11) is 1.13. The topological polar surface area (TPSA) is 111 Å². The number of allylic oxidation sites excluding steroid dienone is 36. The summed E-state index contributed by atoms with van der Waals surface area (Å²) in [6, 6.07) is 0. The van der Waals surface area contributed by atoms with Gasteiger partial charge in [0, 0.05) is 12.8 Å². The lowest BCUT2D eigenvalue weighted by Crippen LogP contribution is -2.37. The van der Waals surface area contributed by atoms with Gasteiger partial charge in [0.1, 0.15) is 19.8 Å². The lowest BCUT2D eigenvalue weighted by Gasteiger charge is -2.28. The van der Waals surface area contributed by atoms with Gasteiger partial charge in [0.2, 0.25) is 0 Å². The number of hydrogen-bond donors (Lipinski definition) is 0. The van der Waals surface area contributed by atoms with Crippen molar-refractivity contribution in [3.63, 3.8) is 0 Å². The summed E-state index contributed by atoms with van der Waals surface area (Å²) < 4.78 is 34.3. The summed E-state index contributed by atoms with van der Waals surface area (Å²) in [4.78, 5) is 38.2. The van der Waals surface area contributed by atoms with Gasteiger partial charge in [0.25, 0.3) is 7.82 Å². The molecule has 550 valence electrons. The van der Waals surface area contributed by atoms with Gasteiger partial charge in [-0.15, -0.1) is 0 Å². The Labute approximate surface area is 601 Å². The highest BCUT2D eigenvalue weighted by Crippen LogP contribution is 2.38. The maximum Gasteiger partial charge on any atom is 0.306 e. The fraction of sp³-hybridized carbons (Fsp3) is 0.568. The molecule has 0 aromatic rings. The van der Waals surface area contributed by atoms with E-state index in [0.29, 0.717) is 23.9 Å². The number of carbonyl (C=O) groups excluding carboxylic acids is 2. The van der Waals surface area contributed by atoms with E-state index in [1.54, 1.807) is 0 Å². The van der Waals surface area contributed by atoms with Crippen LogP contribution in [0.3, 0.4) is 0 Å². The van der Waals surface area contributed by atoms with Gasteiger partial charge in [0.15, 0.2) is 6.10 Å². The number of likely N-dealkylation sites (N-methyl/N-ethyl adjacent to an activating group) is 1. The zero-order valence-corrected chi connectivity index (χ0v) is 63.5. The second-order valence-electron chi connectivity index (χ2n) is 25.9. The van der Waals surface area contributed by atoms with Crippen molar-refractivity contribution in [2.45, 2.75) is 277 Å². The first-order chi connectivity index (χ1) is 48.0. The van der Waals surface area contributed by atoms with Crippen LogP contribution in [0.4, 0.5) is 0 Å². The van der Waals surface area contributed by atoms with Crippen LogP contribution in [0.25, 0.3) is 0 Å². The molecule has 0 heterocycles. The van der Waals surface area contributed by atoms with Crippen molar-refractivity contribution < 1.29 is 42.1 Å². The molecule has 0 fully saturated rings. The molecule has 0 N–H and O–H groups in total. The minimum atomic E-state index is -4.66. The van der Waals surface area contributed by atoms with Gasteiger partial charge < -0.3 is 27.9 Å². The smallest absolute Gasteiger partial charge is 0.306 e. The molecule has 2 atom stereocenters.